The molecule has 29 heavy (non-hydrogen) atoms. The van der Waals surface area contributed by atoms with Gasteiger partial charge in [-0.3, -0.25) is 4.79 Å². The van der Waals surface area contributed by atoms with Crippen LogP contribution < -0.4 is 15.3 Å². The number of hydrogen-bond donors (Lipinski definition) is 2. The van der Waals surface area contributed by atoms with Gasteiger partial charge in [0.2, 0.25) is 0 Å². The molecule has 2 aliphatic rings. The predicted octanol–water partition coefficient (Wildman–Crippen LogP) is -0.0782. The van der Waals surface area contributed by atoms with Crippen LogP contribution in [0.3, 0.4) is 0 Å². The Labute approximate surface area is 169 Å². The van der Waals surface area contributed by atoms with Crippen LogP contribution in [0.15, 0.2) is 48.5 Å². The number of morpholine rings is 1. The van der Waals surface area contributed by atoms with Crippen LogP contribution in [-0.4, -0.2) is 56.2 Å². The number of carboxylic acid groups (broad SMARTS) is 1. The van der Waals surface area contributed by atoms with Crippen LogP contribution in [0.2, 0.25) is 0 Å². The minimum absolute atomic E-state index is 0.0884. The lowest BCUT2D eigenvalue weighted by Gasteiger charge is -2.39. The summed E-state index contributed by atoms with van der Waals surface area (Å²) < 4.78 is 5.41. The third-order valence-corrected chi connectivity index (χ3v) is 5.63. The Kier molecular flexibility index (Phi) is 5.78. The van der Waals surface area contributed by atoms with Crippen LogP contribution in [0.4, 0.5) is 5.69 Å². The number of carbonyl (C=O) groups is 2. The summed E-state index contributed by atoms with van der Waals surface area (Å²) >= 11 is 0. The summed E-state index contributed by atoms with van der Waals surface area (Å²) in [6.07, 6.45) is 0.278. The van der Waals surface area contributed by atoms with Gasteiger partial charge >= 0.3 is 0 Å². The highest BCUT2D eigenvalue weighted by Gasteiger charge is 2.33. The maximum absolute atomic E-state index is 13.3. The zero-order valence-corrected chi connectivity index (χ0v) is 16.2. The third-order valence-electron chi connectivity index (χ3n) is 5.63. The molecule has 1 saturated heterocycles. The van der Waals surface area contributed by atoms with Gasteiger partial charge < -0.3 is 29.8 Å². The fourth-order valence-electron chi connectivity index (χ4n) is 4.10. The number of nitrogens with zero attached hydrogens (tertiary/aromatic N) is 1. The van der Waals surface area contributed by atoms with Gasteiger partial charge in [-0.2, -0.15) is 0 Å². The van der Waals surface area contributed by atoms with Crippen molar-refractivity contribution >= 4 is 17.6 Å². The Morgan fingerprint density at radius 3 is 2.66 bits per heavy atom. The maximum Gasteiger partial charge on any atom is 0.257 e. The van der Waals surface area contributed by atoms with Crippen LogP contribution in [0, 0.1) is 0 Å². The summed E-state index contributed by atoms with van der Waals surface area (Å²) in [6, 6.07) is 14.0. The van der Waals surface area contributed by atoms with E-state index in [4.69, 9.17) is 4.74 Å². The van der Waals surface area contributed by atoms with Gasteiger partial charge in [0.15, 0.2) is 0 Å². The van der Waals surface area contributed by atoms with E-state index >= 15 is 0 Å². The molecule has 7 nitrogen and oxygen atoms in total. The molecule has 0 spiro atoms. The van der Waals surface area contributed by atoms with Crippen LogP contribution in [0.5, 0.6) is 0 Å². The Morgan fingerprint density at radius 2 is 1.86 bits per heavy atom. The van der Waals surface area contributed by atoms with Gasteiger partial charge in [-0.1, -0.05) is 36.4 Å². The first-order valence-electron chi connectivity index (χ1n) is 10.0. The molecule has 2 aromatic rings. The topological polar surface area (TPSA) is 86.1 Å². The predicted molar refractivity (Wildman–Crippen MR) is 106 cm³/mol. The molecule has 2 aromatic carbocycles. The number of benzene rings is 2. The zero-order chi connectivity index (χ0) is 20.2. The number of fused-ring (bicyclic) bond motifs is 1. The molecule has 1 fully saturated rings. The molecule has 2 heterocycles. The van der Waals surface area contributed by atoms with Crippen molar-refractivity contribution in [1.82, 2.24) is 4.90 Å². The Bertz CT molecular complexity index is 895. The van der Waals surface area contributed by atoms with E-state index in [9.17, 15) is 14.7 Å². The molecule has 4 rings (SSSR count). The average molecular weight is 395 g/mol. The number of para-hydroxylation sites is 1. The third kappa shape index (κ3) is 4.11. The Hall–Kier alpha value is -2.90. The molecule has 0 aromatic heterocycles. The second kappa shape index (κ2) is 8.63. The average Bonchev–Trinajstić information content (AvgIpc) is 2.76. The summed E-state index contributed by atoms with van der Waals surface area (Å²) in [6.45, 7) is 4.99. The molecule has 0 bridgehead atoms. The molecule has 7 heteroatoms. The number of carbonyl (C=O) groups excluding carboxylic acids is 2. The lowest BCUT2D eigenvalue weighted by molar-refractivity contribution is -0.908. The first-order chi connectivity index (χ1) is 14.1. The quantitative estimate of drug-likeness (QED) is 0.715. The van der Waals surface area contributed by atoms with Crippen molar-refractivity contribution in [3.63, 3.8) is 0 Å². The maximum atomic E-state index is 13.3. The number of carboxylic acids is 1. The van der Waals surface area contributed by atoms with Crippen LogP contribution in [0.1, 0.15) is 38.9 Å². The molecular weight excluding hydrogens is 370 g/mol. The summed E-state index contributed by atoms with van der Waals surface area (Å²) in [5.74, 6) is -1.33. The van der Waals surface area contributed by atoms with Gasteiger partial charge in [0.05, 0.1) is 31.3 Å². The van der Waals surface area contributed by atoms with Gasteiger partial charge in [0.25, 0.3) is 5.91 Å². The highest BCUT2D eigenvalue weighted by Crippen LogP contribution is 2.34. The standard InChI is InChI=1S/C22H25N3O4/c26-21-18-8-3-4-9-19(18)23-20(16-6-1-2-7-17(16)22(27)28)25(21)11-5-10-24-12-14-29-15-13-24/h1-4,6-9,20,23H,5,10-15H2,(H,27,28)/t20-/m1/s1. The first-order valence-corrected chi connectivity index (χ1v) is 10.0. The summed E-state index contributed by atoms with van der Waals surface area (Å²) in [7, 11) is 0. The van der Waals surface area contributed by atoms with Gasteiger partial charge in [-0.25, -0.2) is 0 Å². The number of anilines is 1. The second-order valence-corrected chi connectivity index (χ2v) is 7.43. The smallest absolute Gasteiger partial charge is 0.257 e. The molecule has 1 atom stereocenters. The van der Waals surface area contributed by atoms with E-state index in [0.29, 0.717) is 23.4 Å². The summed E-state index contributed by atoms with van der Waals surface area (Å²) in [5, 5.41) is 15.0. The van der Waals surface area contributed by atoms with Crippen LogP contribution in [-0.2, 0) is 4.74 Å². The van der Waals surface area contributed by atoms with Crippen molar-refractivity contribution in [2.75, 3.05) is 44.7 Å². The van der Waals surface area contributed by atoms with Crippen molar-refractivity contribution in [2.24, 2.45) is 0 Å². The molecule has 0 radical (unpaired) electrons. The highest BCUT2D eigenvalue weighted by atomic mass is 16.5. The van der Waals surface area contributed by atoms with E-state index in [1.54, 1.807) is 29.2 Å². The number of hydrogen-bond acceptors (Lipinski definition) is 5. The van der Waals surface area contributed by atoms with Crippen molar-refractivity contribution in [3.8, 4) is 0 Å². The zero-order valence-electron chi connectivity index (χ0n) is 16.2. The molecule has 2 aliphatic heterocycles. The van der Waals surface area contributed by atoms with E-state index in [2.05, 4.69) is 5.32 Å². The number of rotatable bonds is 6. The van der Waals surface area contributed by atoms with Crippen molar-refractivity contribution < 1.29 is 24.3 Å². The first kappa shape index (κ1) is 19.4. The Morgan fingerprint density at radius 1 is 1.14 bits per heavy atom. The van der Waals surface area contributed by atoms with Crippen LogP contribution >= 0.6 is 0 Å². The molecular formula is C22H25N3O4. The number of ether oxygens (including phenoxy) is 1. The van der Waals surface area contributed by atoms with Crippen molar-refractivity contribution in [3.05, 3.63) is 65.2 Å². The van der Waals surface area contributed by atoms with Gasteiger partial charge in [0.1, 0.15) is 19.3 Å². The summed E-state index contributed by atoms with van der Waals surface area (Å²) in [4.78, 5) is 28.1. The number of aromatic carboxylic acids is 1. The van der Waals surface area contributed by atoms with E-state index in [-0.39, 0.29) is 11.5 Å². The van der Waals surface area contributed by atoms with Gasteiger partial charge in [0, 0.05) is 29.8 Å². The molecule has 1 amide bonds. The lowest BCUT2D eigenvalue weighted by atomic mass is 9.99. The summed E-state index contributed by atoms with van der Waals surface area (Å²) in [5.41, 5.74) is 1.95. The molecule has 0 saturated carbocycles. The largest absolute Gasteiger partial charge is 0.545 e. The minimum Gasteiger partial charge on any atom is -0.545 e. The van der Waals surface area contributed by atoms with Crippen molar-refractivity contribution in [2.45, 2.75) is 12.6 Å². The van der Waals surface area contributed by atoms with Crippen molar-refractivity contribution in [1.29, 1.82) is 0 Å². The fourth-order valence-corrected chi connectivity index (χ4v) is 4.10. The van der Waals surface area contributed by atoms with Gasteiger partial charge in [-0.15, -0.1) is 0 Å². The van der Waals surface area contributed by atoms with E-state index in [1.165, 1.54) is 11.0 Å². The Balaban J connectivity index is 1.60. The molecule has 2 N–H and O–H groups in total. The van der Waals surface area contributed by atoms with E-state index in [1.807, 2.05) is 18.2 Å². The minimum atomic E-state index is -1.24. The fraction of sp³-hybridized carbons (Fsp3) is 0.364. The normalized spacial score (nSPS) is 19.5. The number of nitrogens with one attached hydrogen (secondary N) is 2. The lowest BCUT2D eigenvalue weighted by Crippen LogP contribution is -3.14. The van der Waals surface area contributed by atoms with E-state index in [0.717, 1.165) is 39.3 Å². The molecule has 0 aliphatic carbocycles. The SMILES string of the molecule is O=C([O-])c1ccccc1[C@@H]1Nc2ccccc2C(=O)N1CCC[NH+]1CCOCC1. The molecule has 0 unspecified atom stereocenters. The molecule has 152 valence electrons. The van der Waals surface area contributed by atoms with E-state index < -0.39 is 12.1 Å². The highest BCUT2D eigenvalue weighted by molar-refractivity contribution is 6.02. The second-order valence-electron chi connectivity index (χ2n) is 7.43. The van der Waals surface area contributed by atoms with Gasteiger partial charge in [-0.05, 0) is 12.1 Å². The number of quaternary nitrogens is 1. The van der Waals surface area contributed by atoms with Crippen LogP contribution in [0.25, 0.3) is 0 Å². The number of amides is 1. The monoisotopic (exact) mass is 395 g/mol.